The molecule has 0 radical (unpaired) electrons. The molecule has 106 valence electrons. The van der Waals surface area contributed by atoms with Crippen molar-refractivity contribution in [3.05, 3.63) is 22.2 Å². The number of carbonyl (C=O) groups excluding carboxylic acids is 1. The smallest absolute Gasteiger partial charge is 0.227 e. The van der Waals surface area contributed by atoms with Crippen LogP contribution in [0.5, 0.6) is 0 Å². The van der Waals surface area contributed by atoms with E-state index in [4.69, 9.17) is 5.73 Å². The third-order valence-electron chi connectivity index (χ3n) is 3.26. The van der Waals surface area contributed by atoms with Crippen LogP contribution < -0.4 is 11.1 Å². The van der Waals surface area contributed by atoms with Gasteiger partial charge >= 0.3 is 0 Å². The summed E-state index contributed by atoms with van der Waals surface area (Å²) in [5.74, 6) is 0.178. The largest absolute Gasteiger partial charge is 0.398 e. The van der Waals surface area contributed by atoms with Gasteiger partial charge in [-0.25, -0.2) is 0 Å². The minimum Gasteiger partial charge on any atom is -0.398 e. The fraction of sp³-hybridized carbons (Fsp3) is 0.533. The molecule has 0 saturated carbocycles. The molecule has 1 aromatic rings. The summed E-state index contributed by atoms with van der Waals surface area (Å²) in [5.41, 5.74) is 8.34. The molecule has 0 unspecified atom stereocenters. The normalized spacial score (nSPS) is 10.8. The first kappa shape index (κ1) is 16.0. The summed E-state index contributed by atoms with van der Waals surface area (Å²) < 4.78 is 0.874. The first-order valence-electron chi connectivity index (χ1n) is 6.86. The van der Waals surface area contributed by atoms with Crippen LogP contribution in [0.25, 0.3) is 0 Å². The van der Waals surface area contributed by atoms with Gasteiger partial charge in [0.1, 0.15) is 0 Å². The van der Waals surface area contributed by atoms with Gasteiger partial charge in [0.15, 0.2) is 0 Å². The molecule has 0 aromatic heterocycles. The summed E-state index contributed by atoms with van der Waals surface area (Å²) in [6.45, 7) is 6.16. The summed E-state index contributed by atoms with van der Waals surface area (Å²) in [6, 6.07) is 3.74. The highest BCUT2D eigenvalue weighted by Gasteiger charge is 2.17. The lowest BCUT2D eigenvalue weighted by atomic mass is 9.97. The lowest BCUT2D eigenvalue weighted by molar-refractivity contribution is -0.120. The second-order valence-electron chi connectivity index (χ2n) is 4.95. The number of carbonyl (C=O) groups is 1. The van der Waals surface area contributed by atoms with Crippen molar-refractivity contribution < 1.29 is 4.79 Å². The number of nitrogens with one attached hydrogen (secondary N) is 1. The van der Waals surface area contributed by atoms with Gasteiger partial charge in [-0.2, -0.15) is 0 Å². The van der Waals surface area contributed by atoms with E-state index < -0.39 is 0 Å². The van der Waals surface area contributed by atoms with E-state index in [0.29, 0.717) is 5.69 Å². The van der Waals surface area contributed by atoms with Crippen molar-refractivity contribution in [2.24, 2.45) is 5.92 Å². The number of hydrogen-bond acceptors (Lipinski definition) is 2. The van der Waals surface area contributed by atoms with Crippen molar-refractivity contribution >= 4 is 33.2 Å². The van der Waals surface area contributed by atoms with Crippen LogP contribution in [0.4, 0.5) is 11.4 Å². The molecule has 0 atom stereocenters. The van der Waals surface area contributed by atoms with E-state index in [1.54, 1.807) is 0 Å². The van der Waals surface area contributed by atoms with Gasteiger partial charge in [0, 0.05) is 16.1 Å². The van der Waals surface area contributed by atoms with Gasteiger partial charge in [-0.1, -0.05) is 26.7 Å². The maximum atomic E-state index is 12.3. The number of nitrogens with two attached hydrogens (primary N) is 1. The van der Waals surface area contributed by atoms with Crippen LogP contribution in [0, 0.1) is 12.8 Å². The Morgan fingerprint density at radius 2 is 1.89 bits per heavy atom. The predicted molar refractivity (Wildman–Crippen MR) is 85.2 cm³/mol. The fourth-order valence-electron chi connectivity index (χ4n) is 2.12. The van der Waals surface area contributed by atoms with Crippen molar-refractivity contribution in [2.75, 3.05) is 11.1 Å². The molecule has 0 aliphatic heterocycles. The van der Waals surface area contributed by atoms with Crippen molar-refractivity contribution in [3.8, 4) is 0 Å². The Morgan fingerprint density at radius 1 is 1.32 bits per heavy atom. The molecule has 0 heterocycles. The molecule has 0 bridgehead atoms. The number of halogens is 1. The highest BCUT2D eigenvalue weighted by molar-refractivity contribution is 9.10. The number of amides is 1. The fourth-order valence-corrected chi connectivity index (χ4v) is 2.68. The average molecular weight is 327 g/mol. The van der Waals surface area contributed by atoms with E-state index in [1.165, 1.54) is 0 Å². The molecular formula is C15H23BrN2O. The molecular weight excluding hydrogens is 304 g/mol. The summed E-state index contributed by atoms with van der Waals surface area (Å²) >= 11 is 3.47. The average Bonchev–Trinajstić information content (AvgIpc) is 2.35. The molecule has 19 heavy (non-hydrogen) atoms. The maximum absolute atomic E-state index is 12.3. The second kappa shape index (κ2) is 7.53. The number of aryl methyl sites for hydroxylation is 1. The van der Waals surface area contributed by atoms with Crippen LogP contribution in [0.15, 0.2) is 16.6 Å². The number of rotatable bonds is 6. The first-order valence-corrected chi connectivity index (χ1v) is 7.65. The van der Waals surface area contributed by atoms with Crippen LogP contribution in [-0.4, -0.2) is 5.91 Å². The van der Waals surface area contributed by atoms with Crippen LogP contribution in [0.2, 0.25) is 0 Å². The number of hydrogen-bond donors (Lipinski definition) is 2. The zero-order chi connectivity index (χ0) is 14.4. The van der Waals surface area contributed by atoms with Gasteiger partial charge in [-0.15, -0.1) is 0 Å². The number of nitrogen functional groups attached to an aromatic ring is 1. The second-order valence-corrected chi connectivity index (χ2v) is 5.81. The highest BCUT2D eigenvalue weighted by Crippen LogP contribution is 2.28. The van der Waals surface area contributed by atoms with Gasteiger partial charge in [0.2, 0.25) is 5.91 Å². The Morgan fingerprint density at radius 3 is 2.42 bits per heavy atom. The van der Waals surface area contributed by atoms with E-state index in [1.807, 2.05) is 19.1 Å². The molecule has 0 spiro atoms. The Bertz CT molecular complexity index is 440. The summed E-state index contributed by atoms with van der Waals surface area (Å²) in [5, 5.41) is 2.98. The van der Waals surface area contributed by atoms with Gasteiger partial charge < -0.3 is 11.1 Å². The highest BCUT2D eigenvalue weighted by atomic mass is 79.9. The van der Waals surface area contributed by atoms with Crippen LogP contribution in [0.1, 0.15) is 45.1 Å². The van der Waals surface area contributed by atoms with Crippen LogP contribution >= 0.6 is 15.9 Å². The van der Waals surface area contributed by atoms with E-state index in [9.17, 15) is 4.79 Å². The quantitative estimate of drug-likeness (QED) is 0.756. The van der Waals surface area contributed by atoms with E-state index in [2.05, 4.69) is 35.1 Å². The monoisotopic (exact) mass is 326 g/mol. The Labute approximate surface area is 124 Å². The molecule has 4 heteroatoms. The Balaban J connectivity index is 2.83. The number of benzene rings is 1. The lowest BCUT2D eigenvalue weighted by Gasteiger charge is -2.16. The molecule has 1 aromatic carbocycles. The first-order chi connectivity index (χ1) is 8.99. The predicted octanol–water partition coefficient (Wildman–Crippen LogP) is 4.49. The zero-order valence-electron chi connectivity index (χ0n) is 11.9. The summed E-state index contributed by atoms with van der Waals surface area (Å²) in [4.78, 5) is 12.3. The zero-order valence-corrected chi connectivity index (χ0v) is 13.5. The van der Waals surface area contributed by atoms with Gasteiger partial charge in [-0.3, -0.25) is 4.79 Å². The molecule has 3 N–H and O–H groups in total. The van der Waals surface area contributed by atoms with Crippen molar-refractivity contribution in [2.45, 2.75) is 46.5 Å². The van der Waals surface area contributed by atoms with Gasteiger partial charge in [0.05, 0.1) is 5.69 Å². The van der Waals surface area contributed by atoms with E-state index in [0.717, 1.165) is 41.4 Å². The molecule has 0 aliphatic rings. The number of anilines is 2. The van der Waals surface area contributed by atoms with Crippen molar-refractivity contribution in [1.82, 2.24) is 0 Å². The standard InChI is InChI=1S/C15H23BrN2O/c1-4-6-11(7-5-2)15(19)18-14-9-13(17)10(3)8-12(14)16/h8-9,11H,4-7,17H2,1-3H3,(H,18,19). The van der Waals surface area contributed by atoms with Crippen molar-refractivity contribution in [3.63, 3.8) is 0 Å². The Hall–Kier alpha value is -1.03. The third-order valence-corrected chi connectivity index (χ3v) is 3.91. The third kappa shape index (κ3) is 4.53. The summed E-state index contributed by atoms with van der Waals surface area (Å²) in [7, 11) is 0. The SMILES string of the molecule is CCCC(CCC)C(=O)Nc1cc(N)c(C)cc1Br. The summed E-state index contributed by atoms with van der Waals surface area (Å²) in [6.07, 6.45) is 3.90. The van der Waals surface area contributed by atoms with Gasteiger partial charge in [-0.05, 0) is 53.4 Å². The molecule has 3 nitrogen and oxygen atoms in total. The minimum atomic E-state index is 0.0874. The van der Waals surface area contributed by atoms with Crippen LogP contribution in [0.3, 0.4) is 0 Å². The van der Waals surface area contributed by atoms with E-state index in [-0.39, 0.29) is 11.8 Å². The van der Waals surface area contributed by atoms with E-state index >= 15 is 0 Å². The topological polar surface area (TPSA) is 55.1 Å². The van der Waals surface area contributed by atoms with Crippen molar-refractivity contribution in [1.29, 1.82) is 0 Å². The molecule has 1 rings (SSSR count). The molecule has 0 fully saturated rings. The maximum Gasteiger partial charge on any atom is 0.227 e. The molecule has 0 saturated heterocycles. The lowest BCUT2D eigenvalue weighted by Crippen LogP contribution is -2.23. The van der Waals surface area contributed by atoms with Gasteiger partial charge in [0.25, 0.3) is 0 Å². The molecule has 0 aliphatic carbocycles. The van der Waals surface area contributed by atoms with Crippen LogP contribution in [-0.2, 0) is 4.79 Å². The Kier molecular flexibility index (Phi) is 6.35. The molecule has 1 amide bonds. The minimum absolute atomic E-state index is 0.0874.